The van der Waals surface area contributed by atoms with Gasteiger partial charge in [0.2, 0.25) is 0 Å². The molecule has 6 rings (SSSR count). The Bertz CT molecular complexity index is 1470. The number of carbonyl (C=O) groups is 1. The second-order valence-electron chi connectivity index (χ2n) is 21.7. The molecule has 58 heavy (non-hydrogen) atoms. The minimum atomic E-state index is -1.57. The lowest BCUT2D eigenvalue weighted by Crippen LogP contribution is -2.71. The highest BCUT2D eigenvalue weighted by Gasteiger charge is 2.74. The molecule has 2 saturated heterocycles. The van der Waals surface area contributed by atoms with E-state index in [0.717, 1.165) is 25.7 Å². The van der Waals surface area contributed by atoms with Crippen LogP contribution in [0.3, 0.4) is 0 Å². The van der Waals surface area contributed by atoms with Gasteiger partial charge in [-0.3, -0.25) is 4.79 Å². The third-order valence-electron chi connectivity index (χ3n) is 17.0. The van der Waals surface area contributed by atoms with Gasteiger partial charge in [-0.05, 0) is 132 Å². The summed E-state index contributed by atoms with van der Waals surface area (Å²) >= 11 is 0. The molecule has 2 heterocycles. The van der Waals surface area contributed by atoms with Crippen LogP contribution in [-0.4, -0.2) is 138 Å². The third-order valence-corrected chi connectivity index (χ3v) is 17.0. The maximum Gasteiger partial charge on any atom is 0.303 e. The van der Waals surface area contributed by atoms with Gasteiger partial charge in [0.15, 0.2) is 12.6 Å². The first kappa shape index (κ1) is 46.5. The quantitative estimate of drug-likeness (QED) is 0.117. The Hall–Kier alpha value is -1.01. The standard InChI is InChI=1S/C44H76O14/c1-21-29(46)31(48)33(50)37(54-21)57-26-19-25-24(44(11,53)16-12-15-39(4,5)52)13-17-42(25,9)43(10)18-14-28-40(6,7)36(56-23(3)45)27(20-41(28,8)35(26)43)58-38-34(51)32(49)30(47)22(2)55-38/h21-22,24-38,46-53H,12-20H2,1-11H3/t21-,22-,24+,25-,26-,27-,28+,29+,30+,31+,32+,33-,34-,35-,36-,37+,38+,41+,42-,43-,44+/m1/s1. The summed E-state index contributed by atoms with van der Waals surface area (Å²) in [6.07, 6.45) is -9.24. The van der Waals surface area contributed by atoms with Crippen LogP contribution in [0.1, 0.15) is 134 Å². The number of aliphatic hydroxyl groups is 8. The van der Waals surface area contributed by atoms with Crippen LogP contribution in [0.2, 0.25) is 0 Å². The lowest BCUT2D eigenvalue weighted by Gasteiger charge is -2.72. The van der Waals surface area contributed by atoms with Crippen LogP contribution >= 0.6 is 0 Å². The predicted molar refractivity (Wildman–Crippen MR) is 211 cm³/mol. The van der Waals surface area contributed by atoms with E-state index in [-0.39, 0.29) is 29.1 Å². The minimum Gasteiger partial charge on any atom is -0.459 e. The van der Waals surface area contributed by atoms with E-state index in [2.05, 4.69) is 34.6 Å². The number of ether oxygens (including phenoxy) is 5. The molecule has 0 spiro atoms. The number of carbonyl (C=O) groups excluding carboxylic acids is 1. The monoisotopic (exact) mass is 829 g/mol. The fourth-order valence-corrected chi connectivity index (χ4v) is 13.9. The van der Waals surface area contributed by atoms with Crippen LogP contribution in [0.25, 0.3) is 0 Å². The number of hydrogen-bond donors (Lipinski definition) is 8. The summed E-state index contributed by atoms with van der Waals surface area (Å²) in [5, 5.41) is 87.9. The molecular formula is C44H76O14. The van der Waals surface area contributed by atoms with Gasteiger partial charge >= 0.3 is 5.97 Å². The smallest absolute Gasteiger partial charge is 0.303 e. The van der Waals surface area contributed by atoms with Gasteiger partial charge in [-0.2, -0.15) is 0 Å². The molecule has 8 N–H and O–H groups in total. The molecular weight excluding hydrogens is 752 g/mol. The average Bonchev–Trinajstić information content (AvgIpc) is 3.46. The summed E-state index contributed by atoms with van der Waals surface area (Å²) in [5.74, 6) is -0.826. The van der Waals surface area contributed by atoms with E-state index < -0.39 is 113 Å². The molecule has 4 saturated carbocycles. The molecule has 0 aromatic rings. The van der Waals surface area contributed by atoms with Crippen molar-refractivity contribution >= 4 is 5.97 Å². The Balaban J connectivity index is 1.43. The van der Waals surface area contributed by atoms with Gasteiger partial charge in [0, 0.05) is 12.3 Å². The fourth-order valence-electron chi connectivity index (χ4n) is 13.9. The van der Waals surface area contributed by atoms with Crippen molar-refractivity contribution in [3.8, 4) is 0 Å². The molecule has 0 radical (unpaired) electrons. The second-order valence-corrected chi connectivity index (χ2v) is 21.7. The topological polar surface area (TPSA) is 225 Å². The van der Waals surface area contributed by atoms with Crippen molar-refractivity contribution in [2.24, 2.45) is 45.3 Å². The number of fused-ring (bicyclic) bond motifs is 5. The zero-order valence-corrected chi connectivity index (χ0v) is 36.7. The largest absolute Gasteiger partial charge is 0.459 e. The van der Waals surface area contributed by atoms with Gasteiger partial charge in [-0.1, -0.05) is 34.6 Å². The van der Waals surface area contributed by atoms with E-state index in [1.807, 2.05) is 6.92 Å². The van der Waals surface area contributed by atoms with Crippen molar-refractivity contribution in [2.45, 2.75) is 225 Å². The third kappa shape index (κ3) is 7.84. The summed E-state index contributed by atoms with van der Waals surface area (Å²) in [6.45, 7) is 21.1. The van der Waals surface area contributed by atoms with Gasteiger partial charge in [-0.25, -0.2) is 0 Å². The molecule has 14 heteroatoms. The van der Waals surface area contributed by atoms with Gasteiger partial charge in [0.05, 0.1) is 35.6 Å². The fraction of sp³-hybridized carbons (Fsp3) is 0.977. The highest BCUT2D eigenvalue weighted by Crippen LogP contribution is 2.76. The van der Waals surface area contributed by atoms with E-state index in [4.69, 9.17) is 23.7 Å². The van der Waals surface area contributed by atoms with Crippen LogP contribution in [0.4, 0.5) is 0 Å². The number of rotatable bonds is 10. The van der Waals surface area contributed by atoms with Crippen molar-refractivity contribution in [1.82, 2.24) is 0 Å². The SMILES string of the molecule is CC(=O)O[C@@H]1[C@H](O[C@@H]2O[C@H](C)[C@H](O)[C@H](O)[C@H]2O)C[C@]2(C)[C@H]3[C@H](O[C@@H]4O[C@H](C)[C@H](O)[C@H](O)[C@H]4O)C[C@@H]4[C@@H]([C@@](C)(O)CCCC(C)(C)O)CC[C@@]4(C)[C@]3(C)CC[C@H]2C1(C)C. The Morgan fingerprint density at radius 2 is 1.24 bits per heavy atom. The predicted octanol–water partition coefficient (Wildman–Crippen LogP) is 2.94. The zero-order chi connectivity index (χ0) is 43.3. The number of esters is 1. The van der Waals surface area contributed by atoms with E-state index in [1.54, 1.807) is 27.7 Å². The first-order valence-corrected chi connectivity index (χ1v) is 21.9. The van der Waals surface area contributed by atoms with Crippen molar-refractivity contribution in [3.05, 3.63) is 0 Å². The van der Waals surface area contributed by atoms with E-state index >= 15 is 0 Å². The highest BCUT2D eigenvalue weighted by molar-refractivity contribution is 5.66. The second kappa shape index (κ2) is 16.0. The summed E-state index contributed by atoms with van der Waals surface area (Å²) in [7, 11) is 0. The Kier molecular flexibility index (Phi) is 12.8. The Morgan fingerprint density at radius 3 is 1.76 bits per heavy atom. The van der Waals surface area contributed by atoms with E-state index in [0.29, 0.717) is 32.1 Å². The molecule has 21 atom stereocenters. The van der Waals surface area contributed by atoms with Crippen LogP contribution in [0.15, 0.2) is 0 Å². The van der Waals surface area contributed by atoms with Crippen molar-refractivity contribution in [3.63, 3.8) is 0 Å². The molecule has 0 bridgehead atoms. The lowest BCUT2D eigenvalue weighted by atomic mass is 9.34. The highest BCUT2D eigenvalue weighted by atomic mass is 16.7. The Labute approximate surface area is 344 Å². The van der Waals surface area contributed by atoms with E-state index in [1.165, 1.54) is 6.92 Å². The molecule has 0 unspecified atom stereocenters. The molecule has 2 aliphatic heterocycles. The molecule has 6 aliphatic rings. The number of aliphatic hydroxyl groups excluding tert-OH is 6. The molecule has 4 aliphatic carbocycles. The lowest BCUT2D eigenvalue weighted by molar-refractivity contribution is -0.352. The van der Waals surface area contributed by atoms with Gasteiger partial charge in [0.25, 0.3) is 0 Å². The Morgan fingerprint density at radius 1 is 0.724 bits per heavy atom. The average molecular weight is 829 g/mol. The van der Waals surface area contributed by atoms with Crippen molar-refractivity contribution in [2.75, 3.05) is 0 Å². The first-order valence-electron chi connectivity index (χ1n) is 21.9. The zero-order valence-electron chi connectivity index (χ0n) is 36.7. The van der Waals surface area contributed by atoms with Gasteiger partial charge in [-0.15, -0.1) is 0 Å². The van der Waals surface area contributed by atoms with Gasteiger partial charge < -0.3 is 64.5 Å². The van der Waals surface area contributed by atoms with E-state index in [9.17, 15) is 45.6 Å². The van der Waals surface area contributed by atoms with Crippen LogP contribution in [0, 0.1) is 45.3 Å². The summed E-state index contributed by atoms with van der Waals surface area (Å²) in [4.78, 5) is 12.8. The first-order chi connectivity index (χ1) is 26.6. The minimum absolute atomic E-state index is 0.00217. The molecule has 14 nitrogen and oxygen atoms in total. The summed E-state index contributed by atoms with van der Waals surface area (Å²) in [6, 6.07) is 0. The van der Waals surface area contributed by atoms with Crippen LogP contribution in [0.5, 0.6) is 0 Å². The van der Waals surface area contributed by atoms with Gasteiger partial charge in [0.1, 0.15) is 42.7 Å². The summed E-state index contributed by atoms with van der Waals surface area (Å²) in [5.41, 5.74) is -3.84. The molecule has 0 amide bonds. The van der Waals surface area contributed by atoms with Crippen molar-refractivity contribution in [1.29, 1.82) is 0 Å². The number of hydrogen-bond acceptors (Lipinski definition) is 14. The molecule has 6 fully saturated rings. The molecule has 0 aromatic carbocycles. The normalized spacial score (nSPS) is 51.5. The van der Waals surface area contributed by atoms with Crippen LogP contribution in [-0.2, 0) is 28.5 Å². The summed E-state index contributed by atoms with van der Waals surface area (Å²) < 4.78 is 31.9. The van der Waals surface area contributed by atoms with Crippen molar-refractivity contribution < 1.29 is 69.3 Å². The maximum absolute atomic E-state index is 12.8. The maximum atomic E-state index is 12.8. The molecule has 0 aromatic heterocycles. The molecule has 336 valence electrons. The van der Waals surface area contributed by atoms with Crippen LogP contribution < -0.4 is 0 Å².